The Hall–Kier alpha value is -0.163. The molecule has 102 valence electrons. The molecule has 0 aliphatic heterocycles. The van der Waals surface area contributed by atoms with Crippen LogP contribution in [0.4, 0.5) is 0 Å². The van der Waals surface area contributed by atoms with Crippen LogP contribution in [0.3, 0.4) is 0 Å². The molecule has 17 heavy (non-hydrogen) atoms. The summed E-state index contributed by atoms with van der Waals surface area (Å²) in [5, 5.41) is 9.20. The van der Waals surface area contributed by atoms with Crippen LogP contribution in [-0.4, -0.2) is 51.2 Å². The Kier molecular flexibility index (Phi) is 7.24. The lowest BCUT2D eigenvalue weighted by atomic mass is 10.2. The molecular weight excluding hydrogens is 230 g/mol. The molecule has 3 nitrogen and oxygen atoms in total. The fraction of sp³-hybridized carbons (Fsp3) is 0.846. The minimum atomic E-state index is -1.63. The van der Waals surface area contributed by atoms with Crippen LogP contribution in [0.25, 0.3) is 0 Å². The number of rotatable bonds is 8. The minimum Gasteiger partial charge on any atom is -0.416 e. The van der Waals surface area contributed by atoms with Gasteiger partial charge in [-0.05, 0) is 18.1 Å². The van der Waals surface area contributed by atoms with Gasteiger partial charge in [-0.2, -0.15) is 0 Å². The highest BCUT2D eigenvalue weighted by atomic mass is 28.4. The first-order valence-corrected chi connectivity index (χ1v) is 9.23. The average Bonchev–Trinajstić information content (AvgIpc) is 2.16. The van der Waals surface area contributed by atoms with E-state index < -0.39 is 8.32 Å². The lowest BCUT2D eigenvalue weighted by Gasteiger charge is -2.36. The summed E-state index contributed by atoms with van der Waals surface area (Å²) in [4.78, 5) is 2.15. The highest BCUT2D eigenvalue weighted by Crippen LogP contribution is 2.36. The van der Waals surface area contributed by atoms with Crippen LogP contribution in [0.5, 0.6) is 0 Å². The molecule has 0 heterocycles. The third-order valence-corrected chi connectivity index (χ3v) is 8.02. The van der Waals surface area contributed by atoms with Crippen molar-refractivity contribution in [2.24, 2.45) is 0 Å². The van der Waals surface area contributed by atoms with Crippen LogP contribution in [0.15, 0.2) is 12.7 Å². The van der Waals surface area contributed by atoms with Crippen LogP contribution in [0, 0.1) is 0 Å². The molecule has 0 saturated carbocycles. The van der Waals surface area contributed by atoms with Gasteiger partial charge in [-0.3, -0.25) is 4.90 Å². The van der Waals surface area contributed by atoms with Crippen molar-refractivity contribution in [1.29, 1.82) is 0 Å². The zero-order valence-corrected chi connectivity index (χ0v) is 13.1. The maximum absolute atomic E-state index is 8.94. The largest absolute Gasteiger partial charge is 0.416 e. The summed E-state index contributed by atoms with van der Waals surface area (Å²) in [6, 6.07) is 0. The van der Waals surface area contributed by atoms with Crippen molar-refractivity contribution in [1.82, 2.24) is 4.90 Å². The van der Waals surface area contributed by atoms with Gasteiger partial charge in [-0.15, -0.1) is 6.58 Å². The quantitative estimate of drug-likeness (QED) is 0.537. The summed E-state index contributed by atoms with van der Waals surface area (Å²) in [6.07, 6.45) is 1.86. The van der Waals surface area contributed by atoms with E-state index in [1.807, 2.05) is 6.08 Å². The molecule has 0 spiro atoms. The average molecular weight is 259 g/mol. The van der Waals surface area contributed by atoms with Gasteiger partial charge in [0.1, 0.15) is 0 Å². The highest BCUT2D eigenvalue weighted by Gasteiger charge is 2.36. The number of hydrogen-bond acceptors (Lipinski definition) is 3. The SMILES string of the molecule is C=CCN(CCO)CCO[Si](C)(C)C(C)(C)C. The van der Waals surface area contributed by atoms with Crippen molar-refractivity contribution in [2.45, 2.75) is 38.9 Å². The molecule has 0 aromatic heterocycles. The molecule has 0 fully saturated rings. The normalized spacial score (nSPS) is 13.1. The first kappa shape index (κ1) is 16.8. The van der Waals surface area contributed by atoms with E-state index in [1.165, 1.54) is 0 Å². The topological polar surface area (TPSA) is 32.7 Å². The van der Waals surface area contributed by atoms with E-state index in [2.05, 4.69) is 45.3 Å². The first-order valence-electron chi connectivity index (χ1n) is 6.32. The van der Waals surface area contributed by atoms with Gasteiger partial charge < -0.3 is 9.53 Å². The Morgan fingerprint density at radius 2 is 1.88 bits per heavy atom. The Balaban J connectivity index is 4.07. The van der Waals surface area contributed by atoms with Gasteiger partial charge in [-0.1, -0.05) is 26.8 Å². The van der Waals surface area contributed by atoms with Gasteiger partial charge in [0.2, 0.25) is 0 Å². The molecule has 0 aromatic rings. The Morgan fingerprint density at radius 1 is 1.29 bits per heavy atom. The molecule has 0 aliphatic rings. The van der Waals surface area contributed by atoms with E-state index in [4.69, 9.17) is 9.53 Å². The van der Waals surface area contributed by atoms with Crippen molar-refractivity contribution in [3.05, 3.63) is 12.7 Å². The van der Waals surface area contributed by atoms with Gasteiger partial charge in [-0.25, -0.2) is 0 Å². The van der Waals surface area contributed by atoms with Crippen LogP contribution < -0.4 is 0 Å². The van der Waals surface area contributed by atoms with Crippen LogP contribution in [0.1, 0.15) is 20.8 Å². The van der Waals surface area contributed by atoms with Crippen molar-refractivity contribution >= 4 is 8.32 Å². The summed E-state index contributed by atoms with van der Waals surface area (Å²) in [5.41, 5.74) is 0. The highest BCUT2D eigenvalue weighted by molar-refractivity contribution is 6.74. The standard InChI is InChI=1S/C13H29NO2Si/c1-7-8-14(9-11-15)10-12-16-17(5,6)13(2,3)4/h7,15H,1,8-12H2,2-6H3. The molecule has 0 bridgehead atoms. The maximum atomic E-state index is 8.94. The van der Waals surface area contributed by atoms with Crippen molar-refractivity contribution in [2.75, 3.05) is 32.8 Å². The lowest BCUT2D eigenvalue weighted by molar-refractivity contribution is 0.174. The van der Waals surface area contributed by atoms with Crippen LogP contribution >= 0.6 is 0 Å². The van der Waals surface area contributed by atoms with E-state index >= 15 is 0 Å². The predicted molar refractivity (Wildman–Crippen MR) is 76.9 cm³/mol. The zero-order chi connectivity index (χ0) is 13.5. The Bertz CT molecular complexity index is 224. The molecule has 0 amide bonds. The number of nitrogens with zero attached hydrogens (tertiary/aromatic N) is 1. The second-order valence-corrected chi connectivity index (χ2v) is 10.7. The predicted octanol–water partition coefficient (Wildman–Crippen LogP) is 2.49. The van der Waals surface area contributed by atoms with Crippen LogP contribution in [-0.2, 0) is 4.43 Å². The van der Waals surface area contributed by atoms with Gasteiger partial charge in [0.25, 0.3) is 0 Å². The molecule has 0 saturated heterocycles. The first-order chi connectivity index (χ1) is 7.74. The molecule has 4 heteroatoms. The summed E-state index contributed by atoms with van der Waals surface area (Å²) < 4.78 is 6.10. The van der Waals surface area contributed by atoms with E-state index in [1.54, 1.807) is 0 Å². The second-order valence-electron chi connectivity index (χ2n) is 5.92. The molecular formula is C13H29NO2Si. The number of aliphatic hydroxyl groups is 1. The third-order valence-electron chi connectivity index (χ3n) is 3.48. The Morgan fingerprint density at radius 3 is 2.29 bits per heavy atom. The molecule has 1 N–H and O–H groups in total. The summed E-state index contributed by atoms with van der Waals surface area (Å²) in [6.45, 7) is 18.3. The van der Waals surface area contributed by atoms with E-state index in [-0.39, 0.29) is 11.6 Å². The van der Waals surface area contributed by atoms with E-state index in [9.17, 15) is 0 Å². The van der Waals surface area contributed by atoms with E-state index in [0.29, 0.717) is 6.54 Å². The van der Waals surface area contributed by atoms with Crippen molar-refractivity contribution in [3.8, 4) is 0 Å². The fourth-order valence-corrected chi connectivity index (χ4v) is 2.30. The molecule has 0 radical (unpaired) electrons. The molecule has 0 atom stereocenters. The smallest absolute Gasteiger partial charge is 0.192 e. The lowest BCUT2D eigenvalue weighted by Crippen LogP contribution is -2.43. The Labute approximate surface area is 108 Å². The number of hydrogen-bond donors (Lipinski definition) is 1. The summed E-state index contributed by atoms with van der Waals surface area (Å²) >= 11 is 0. The molecule has 0 rings (SSSR count). The van der Waals surface area contributed by atoms with Crippen molar-refractivity contribution < 1.29 is 9.53 Å². The molecule has 0 unspecified atom stereocenters. The maximum Gasteiger partial charge on any atom is 0.192 e. The molecule has 0 aromatic carbocycles. The fourth-order valence-electron chi connectivity index (χ4n) is 1.26. The zero-order valence-electron chi connectivity index (χ0n) is 12.1. The van der Waals surface area contributed by atoms with Gasteiger partial charge >= 0.3 is 0 Å². The van der Waals surface area contributed by atoms with E-state index in [0.717, 1.165) is 19.7 Å². The summed E-state index contributed by atoms with van der Waals surface area (Å²) in [5.74, 6) is 0. The van der Waals surface area contributed by atoms with Gasteiger partial charge in [0, 0.05) is 26.2 Å². The second kappa shape index (κ2) is 7.31. The number of aliphatic hydroxyl groups excluding tert-OH is 1. The monoisotopic (exact) mass is 259 g/mol. The minimum absolute atomic E-state index is 0.188. The van der Waals surface area contributed by atoms with Crippen LogP contribution in [0.2, 0.25) is 18.1 Å². The van der Waals surface area contributed by atoms with Crippen molar-refractivity contribution in [3.63, 3.8) is 0 Å². The summed E-state index contributed by atoms with van der Waals surface area (Å²) in [7, 11) is -1.63. The third kappa shape index (κ3) is 6.36. The van der Waals surface area contributed by atoms with Gasteiger partial charge in [0.05, 0.1) is 6.61 Å². The molecule has 0 aliphatic carbocycles. The van der Waals surface area contributed by atoms with Gasteiger partial charge in [0.15, 0.2) is 8.32 Å².